The van der Waals surface area contributed by atoms with Gasteiger partial charge in [-0.2, -0.15) is 0 Å². The Morgan fingerprint density at radius 2 is 1.84 bits per heavy atom. The van der Waals surface area contributed by atoms with Crippen LogP contribution in [0.2, 0.25) is 5.02 Å². The van der Waals surface area contributed by atoms with Gasteiger partial charge in [0.25, 0.3) is 0 Å². The van der Waals surface area contributed by atoms with Gasteiger partial charge in [0.1, 0.15) is 29.5 Å². The fourth-order valence-electron chi connectivity index (χ4n) is 7.80. The van der Waals surface area contributed by atoms with Crippen LogP contribution < -0.4 is 25.2 Å². The molecule has 0 spiro atoms. The Morgan fingerprint density at radius 1 is 1.11 bits per heavy atom. The minimum absolute atomic E-state index is 0.0223. The lowest BCUT2D eigenvalue weighted by Crippen LogP contribution is -2.56. The van der Waals surface area contributed by atoms with Crippen LogP contribution in [0.15, 0.2) is 36.5 Å². The van der Waals surface area contributed by atoms with E-state index in [1.54, 1.807) is 39.0 Å². The van der Waals surface area contributed by atoms with E-state index in [2.05, 4.69) is 21.9 Å². The third-order valence-electron chi connectivity index (χ3n) is 10.8. The molecule has 1 aromatic carbocycles. The number of primary amides is 1. The van der Waals surface area contributed by atoms with Gasteiger partial charge in [-0.1, -0.05) is 44.0 Å². The number of halogens is 1. The van der Waals surface area contributed by atoms with Crippen molar-refractivity contribution in [2.24, 2.45) is 29.4 Å². The summed E-state index contributed by atoms with van der Waals surface area (Å²) in [6.07, 6.45) is 9.89. The van der Waals surface area contributed by atoms with Gasteiger partial charge >= 0.3 is 6.09 Å². The molecule has 56 heavy (non-hydrogen) atoms. The number of rotatable bonds is 16. The van der Waals surface area contributed by atoms with E-state index in [9.17, 15) is 27.6 Å². The molecular weight excluding hydrogens is 762 g/mol. The number of sulfonamides is 1. The zero-order valence-corrected chi connectivity index (χ0v) is 34.7. The van der Waals surface area contributed by atoms with E-state index in [-0.39, 0.29) is 42.5 Å². The summed E-state index contributed by atoms with van der Waals surface area (Å²) in [6, 6.07) is 3.21. The van der Waals surface area contributed by atoms with Crippen LogP contribution in [0, 0.1) is 23.7 Å². The predicted molar refractivity (Wildman–Crippen MR) is 212 cm³/mol. The molecule has 308 valence electrons. The van der Waals surface area contributed by atoms with E-state index in [0.29, 0.717) is 48.3 Å². The van der Waals surface area contributed by atoms with Crippen molar-refractivity contribution in [2.45, 2.75) is 121 Å². The highest BCUT2D eigenvalue weighted by atomic mass is 35.5. The number of ether oxygens (including phenoxy) is 3. The van der Waals surface area contributed by atoms with Gasteiger partial charge in [0.2, 0.25) is 33.6 Å². The van der Waals surface area contributed by atoms with Crippen LogP contribution in [-0.2, 0) is 29.1 Å². The quantitative estimate of drug-likeness (QED) is 0.178. The van der Waals surface area contributed by atoms with Gasteiger partial charge < -0.3 is 30.2 Å². The number of carbonyl (C=O) groups is 4. The minimum atomic E-state index is -3.59. The molecule has 3 fully saturated rings. The van der Waals surface area contributed by atoms with Crippen molar-refractivity contribution in [3.8, 4) is 11.6 Å². The second kappa shape index (κ2) is 18.0. The zero-order chi connectivity index (χ0) is 40.9. The van der Waals surface area contributed by atoms with Crippen molar-refractivity contribution >= 4 is 56.2 Å². The number of alkyl carbamates (subject to hydrolysis) is 1. The maximum Gasteiger partial charge on any atom is 0.408 e. The molecule has 16 heteroatoms. The number of amides is 4. The predicted octanol–water partition coefficient (Wildman–Crippen LogP) is 5.65. The minimum Gasteiger partial charge on any atom is -0.494 e. The van der Waals surface area contributed by atoms with Crippen LogP contribution >= 0.6 is 11.6 Å². The van der Waals surface area contributed by atoms with Gasteiger partial charge in [-0.15, -0.1) is 0 Å². The molecule has 5 rings (SSSR count). The first-order valence-electron chi connectivity index (χ1n) is 19.5. The molecule has 2 aliphatic carbocycles. The lowest BCUT2D eigenvalue weighted by molar-refractivity contribution is -0.140. The monoisotopic (exact) mass is 817 g/mol. The third-order valence-corrected chi connectivity index (χ3v) is 12.8. The smallest absolute Gasteiger partial charge is 0.408 e. The fraction of sp³-hybridized carbons (Fsp3) is 0.625. The topological polar surface area (TPSA) is 196 Å². The first-order chi connectivity index (χ1) is 26.4. The molecule has 1 aromatic heterocycles. The Morgan fingerprint density at radius 3 is 2.50 bits per heavy atom. The second-order valence-electron chi connectivity index (χ2n) is 16.6. The number of nitrogens with zero attached hydrogens (tertiary/aromatic N) is 2. The highest BCUT2D eigenvalue weighted by Gasteiger charge is 2.44. The molecule has 2 saturated carbocycles. The summed E-state index contributed by atoms with van der Waals surface area (Å²) in [4.78, 5) is 58.9. The summed E-state index contributed by atoms with van der Waals surface area (Å²) in [5.74, 6) is -1.43. The Labute approximate surface area is 334 Å². The van der Waals surface area contributed by atoms with Crippen LogP contribution in [0.1, 0.15) is 92.4 Å². The van der Waals surface area contributed by atoms with Gasteiger partial charge in [-0.25, -0.2) is 18.2 Å². The van der Waals surface area contributed by atoms with Crippen LogP contribution in [0.5, 0.6) is 11.6 Å². The van der Waals surface area contributed by atoms with E-state index >= 15 is 0 Å². The Balaban J connectivity index is 1.24. The number of carbonyl (C=O) groups excluding carboxylic acids is 4. The first-order valence-corrected chi connectivity index (χ1v) is 21.4. The molecule has 14 nitrogen and oxygen atoms in total. The molecule has 1 saturated heterocycles. The number of aromatic nitrogens is 1. The number of pyridine rings is 1. The molecule has 2 aromatic rings. The van der Waals surface area contributed by atoms with Gasteiger partial charge in [0.05, 0.1) is 25.1 Å². The molecule has 2 heterocycles. The number of nitrogens with two attached hydrogens (primary N) is 1. The lowest BCUT2D eigenvalue weighted by atomic mass is 9.87. The van der Waals surface area contributed by atoms with E-state index in [1.165, 1.54) is 18.2 Å². The van der Waals surface area contributed by atoms with E-state index in [4.69, 9.17) is 31.5 Å². The Hall–Kier alpha value is -4.11. The maximum atomic E-state index is 14.4. The van der Waals surface area contributed by atoms with Crippen molar-refractivity contribution in [3.05, 3.63) is 41.6 Å². The summed E-state index contributed by atoms with van der Waals surface area (Å²) < 4.78 is 44.3. The largest absolute Gasteiger partial charge is 0.494 e. The van der Waals surface area contributed by atoms with Crippen molar-refractivity contribution in [1.82, 2.24) is 19.9 Å². The lowest BCUT2D eigenvalue weighted by Gasteiger charge is -2.32. The Kier molecular flexibility index (Phi) is 13.8. The summed E-state index contributed by atoms with van der Waals surface area (Å²) in [6.45, 7) is 9.16. The normalized spacial score (nSPS) is 23.1. The molecule has 4 amide bonds. The number of fused-ring (bicyclic) bond motifs is 1. The third kappa shape index (κ3) is 11.0. The van der Waals surface area contributed by atoms with Crippen molar-refractivity contribution in [3.63, 3.8) is 0 Å². The van der Waals surface area contributed by atoms with Crippen molar-refractivity contribution < 1.29 is 41.8 Å². The van der Waals surface area contributed by atoms with Crippen LogP contribution in [0.25, 0.3) is 10.8 Å². The van der Waals surface area contributed by atoms with E-state index in [0.717, 1.165) is 24.6 Å². The average Bonchev–Trinajstić information content (AvgIpc) is 3.74. The summed E-state index contributed by atoms with van der Waals surface area (Å²) in [5.41, 5.74) is 5.03. The van der Waals surface area contributed by atoms with Gasteiger partial charge in [0.15, 0.2) is 0 Å². The summed E-state index contributed by atoms with van der Waals surface area (Å²) in [5, 5.41) is 4.14. The van der Waals surface area contributed by atoms with Crippen molar-refractivity contribution in [2.75, 3.05) is 13.7 Å². The van der Waals surface area contributed by atoms with Crippen LogP contribution in [-0.4, -0.2) is 84.8 Å². The zero-order valence-electron chi connectivity index (χ0n) is 33.1. The molecule has 7 atom stereocenters. The van der Waals surface area contributed by atoms with Crippen LogP contribution in [0.3, 0.4) is 0 Å². The molecule has 1 unspecified atom stereocenters. The number of likely N-dealkylation sites (tertiary alicyclic amines) is 1. The summed E-state index contributed by atoms with van der Waals surface area (Å²) >= 11 is 6.30. The van der Waals surface area contributed by atoms with Crippen molar-refractivity contribution in [1.29, 1.82) is 0 Å². The average molecular weight is 818 g/mol. The van der Waals surface area contributed by atoms with E-state index in [1.807, 2.05) is 19.1 Å². The molecule has 0 radical (unpaired) electrons. The molecule has 4 N–H and O–H groups in total. The SMILES string of the molecule is COc1cnc(O[C@@H]2C[C@@H](C(N)=O)N(C(=O)[C@@H](NC(=O)OC(C)(C)C)[C@H](C)C[C@@H](C)CC/C=C\[C@@H]3CCCC3C(=O)NS(=O)(=O)C3CC3)C2)c2cc(Cl)ccc12. The van der Waals surface area contributed by atoms with Gasteiger partial charge in [0, 0.05) is 28.1 Å². The number of hydrogen-bond donors (Lipinski definition) is 3. The van der Waals surface area contributed by atoms with Gasteiger partial charge in [-0.3, -0.25) is 19.1 Å². The standard InChI is InChI=1S/C40H56ClN5O9S/c1-23(10-7-8-11-25-12-9-13-29(25)36(48)45-56(51,52)28-15-16-28)18-24(2)34(44-39(50)55-40(3,4)5)38(49)46-22-27(20-32(46)35(42)47)54-37-31-19-26(41)14-17-30(31)33(53-6)21-43-37/h8,11,14,17,19,21,23-25,27-29,32,34H,7,9-10,12-13,15-16,18,20,22H2,1-6H3,(H2,42,47)(H,44,50)(H,45,48)/b11-8-/t23-,24+,25+,27+,29?,32-,34-/m0/s1. The first kappa shape index (κ1) is 43.0. The van der Waals surface area contributed by atoms with E-state index < -0.39 is 62.9 Å². The number of methoxy groups -OCH3 is 1. The number of allylic oxidation sites excluding steroid dienone is 2. The number of nitrogens with one attached hydrogen (secondary N) is 2. The highest BCUT2D eigenvalue weighted by Crippen LogP contribution is 2.36. The molecule has 1 aliphatic heterocycles. The van der Waals surface area contributed by atoms with Gasteiger partial charge in [-0.05, 0) is 102 Å². The van der Waals surface area contributed by atoms with Crippen LogP contribution in [0.4, 0.5) is 4.79 Å². The summed E-state index contributed by atoms with van der Waals surface area (Å²) in [7, 11) is -2.05. The Bertz CT molecular complexity index is 1910. The molecule has 0 bridgehead atoms. The highest BCUT2D eigenvalue weighted by molar-refractivity contribution is 7.90. The number of hydrogen-bond acceptors (Lipinski definition) is 10. The maximum absolute atomic E-state index is 14.4. The molecule has 3 aliphatic rings. The second-order valence-corrected chi connectivity index (χ2v) is 19.0. The fourth-order valence-corrected chi connectivity index (χ4v) is 9.33. The number of benzene rings is 1. The molecular formula is C40H56ClN5O9S.